The molecule has 670 valence electrons. The van der Waals surface area contributed by atoms with Crippen LogP contribution in [-0.4, -0.2) is 221 Å². The van der Waals surface area contributed by atoms with E-state index in [2.05, 4.69) is 92.6 Å². The van der Waals surface area contributed by atoms with Gasteiger partial charge in [0.05, 0.1) is 45.8 Å². The number of carbonyl (C=O) groups is 17. The summed E-state index contributed by atoms with van der Waals surface area (Å²) in [5.41, 5.74) is 20.0. The average Bonchev–Trinajstić information content (AvgIpc) is 1.86. The van der Waals surface area contributed by atoms with E-state index in [9.17, 15) is 89.9 Å². The van der Waals surface area contributed by atoms with Crippen LogP contribution in [0.1, 0.15) is 153 Å². The van der Waals surface area contributed by atoms with Crippen LogP contribution < -0.4 is 58.7 Å². The SMILES string of the molecule is CC(=O)N[C@@H](CCCNC(=O)OCc1ccccc1)C(=O)N[C@H](CC(C)C)C(=O)N[C@@H](CC(=O)OC(C)(C)C)C(=O)NCCOCCN=[N+]=[N-].CC(=O)OC(C)=O.CC(C)(C)OC(=O)C[C@@H]1NC(=O)OC1=O.CC(C)C[C@H]1NC(=O)OC1=O.O=C(NCCC[C@@H]1NC(=O)OC1=O)OCc1ccccc1.O=C([O-])C(F)(F)F.[N-]=[N+]=NCCOCC[NH3+]. The number of carboxylic acids is 1. The Bertz CT molecular complexity index is 3710. The predicted molar refractivity (Wildman–Crippen MR) is 408 cm³/mol. The number of rotatable bonds is 37. The first-order chi connectivity index (χ1) is 56.1. The number of ether oxygens (including phenoxy) is 10. The quantitative estimate of drug-likeness (QED) is 0.00877. The van der Waals surface area contributed by atoms with Crippen molar-refractivity contribution in [1.82, 2.24) is 47.9 Å². The van der Waals surface area contributed by atoms with Crippen molar-refractivity contribution in [2.24, 2.45) is 22.1 Å². The van der Waals surface area contributed by atoms with E-state index in [1.165, 1.54) is 20.8 Å². The van der Waals surface area contributed by atoms with E-state index >= 15 is 0 Å². The smallest absolute Gasteiger partial charge is 0.430 e. The molecule has 3 fully saturated rings. The first-order valence-corrected chi connectivity index (χ1v) is 37.1. The van der Waals surface area contributed by atoms with E-state index < -0.39 is 162 Å². The van der Waals surface area contributed by atoms with Crippen LogP contribution in [0.2, 0.25) is 0 Å². The number of alkyl halides is 3. The molecule has 3 aliphatic heterocycles. The molecule has 3 saturated heterocycles. The van der Waals surface area contributed by atoms with E-state index in [-0.39, 0.29) is 71.2 Å². The van der Waals surface area contributed by atoms with Crippen molar-refractivity contribution in [3.05, 3.63) is 92.7 Å². The van der Waals surface area contributed by atoms with Crippen molar-refractivity contribution in [3.8, 4) is 0 Å². The topological polar surface area (TPSA) is 639 Å². The van der Waals surface area contributed by atoms with E-state index in [1.54, 1.807) is 41.5 Å². The second kappa shape index (κ2) is 60.9. The number of nitrogens with zero attached hydrogens (tertiary/aromatic N) is 6. The molecule has 0 aliphatic carbocycles. The monoisotopic (exact) mass is 1710 g/mol. The van der Waals surface area contributed by atoms with Crippen LogP contribution in [0.3, 0.4) is 0 Å². The van der Waals surface area contributed by atoms with Crippen LogP contribution in [0.25, 0.3) is 20.9 Å². The lowest BCUT2D eigenvalue weighted by Gasteiger charge is -2.27. The molecule has 2 aromatic rings. The molecular weight excluding hydrogens is 1610 g/mol. The molecular formula is C73H109F3N16O28. The van der Waals surface area contributed by atoms with Crippen LogP contribution in [0.4, 0.5) is 37.1 Å². The summed E-state index contributed by atoms with van der Waals surface area (Å²) in [5.74, 6) is -9.38. The van der Waals surface area contributed by atoms with Gasteiger partial charge in [-0.05, 0) is 114 Å². The Morgan fingerprint density at radius 2 is 0.975 bits per heavy atom. The largest absolute Gasteiger partial charge is 0.542 e. The van der Waals surface area contributed by atoms with Crippen LogP contribution in [-0.2, 0) is 118 Å². The lowest BCUT2D eigenvalue weighted by Crippen LogP contribution is -2.57. The molecule has 12 N–H and O–H groups in total. The van der Waals surface area contributed by atoms with Crippen molar-refractivity contribution >= 4 is 102 Å². The lowest BCUT2D eigenvalue weighted by atomic mass is 10.0. The minimum absolute atomic E-state index is 0.0416. The zero-order chi connectivity index (χ0) is 91.6. The first kappa shape index (κ1) is 110. The van der Waals surface area contributed by atoms with Gasteiger partial charge in [0.25, 0.3) is 0 Å². The molecule has 120 heavy (non-hydrogen) atoms. The zero-order valence-electron chi connectivity index (χ0n) is 69.0. The predicted octanol–water partition coefficient (Wildman–Crippen LogP) is 3.69. The van der Waals surface area contributed by atoms with Crippen LogP contribution in [0, 0.1) is 11.8 Å². The Morgan fingerprint density at radius 1 is 0.550 bits per heavy atom. The fourth-order valence-electron chi connectivity index (χ4n) is 8.92. The fourth-order valence-corrected chi connectivity index (χ4v) is 8.92. The number of carbonyl (C=O) groups excluding carboxylic acids is 17. The Labute approximate surface area is 688 Å². The van der Waals surface area contributed by atoms with Gasteiger partial charge >= 0.3 is 78.4 Å². The molecule has 6 atom stereocenters. The molecule has 44 nitrogen and oxygen atoms in total. The molecule has 0 saturated carbocycles. The molecule has 47 heteroatoms. The van der Waals surface area contributed by atoms with E-state index in [4.69, 9.17) is 49.4 Å². The number of aliphatic carboxylic acids is 1. The maximum Gasteiger partial charge on any atom is 0.430 e. The van der Waals surface area contributed by atoms with Gasteiger partial charge in [-0.25, -0.2) is 38.4 Å². The van der Waals surface area contributed by atoms with Gasteiger partial charge in [-0.2, -0.15) is 13.2 Å². The number of benzene rings is 2. The Kier molecular flexibility index (Phi) is 55.6. The van der Waals surface area contributed by atoms with Crippen LogP contribution in [0.15, 0.2) is 70.9 Å². The van der Waals surface area contributed by atoms with Gasteiger partial charge < -0.3 is 111 Å². The third-order valence-corrected chi connectivity index (χ3v) is 13.7. The number of halogens is 3. The maximum absolute atomic E-state index is 13.5. The molecule has 0 aromatic heterocycles. The van der Waals surface area contributed by atoms with Gasteiger partial charge in [0.15, 0.2) is 0 Å². The lowest BCUT2D eigenvalue weighted by molar-refractivity contribution is -0.374. The Morgan fingerprint density at radius 3 is 1.37 bits per heavy atom. The summed E-state index contributed by atoms with van der Waals surface area (Å²) < 4.78 is 79.1. The van der Waals surface area contributed by atoms with Crippen molar-refractivity contribution < 1.29 is 153 Å². The highest BCUT2D eigenvalue weighted by atomic mass is 19.4. The minimum Gasteiger partial charge on any atom is -0.542 e. The Balaban J connectivity index is 0. The minimum atomic E-state index is -5.19. The highest BCUT2D eigenvalue weighted by Gasteiger charge is 2.37. The van der Waals surface area contributed by atoms with Crippen molar-refractivity contribution in [2.45, 2.75) is 208 Å². The number of carboxylic acid groups (broad SMARTS) is 1. The van der Waals surface area contributed by atoms with Gasteiger partial charge in [0.1, 0.15) is 66.6 Å². The number of amides is 9. The summed E-state index contributed by atoms with van der Waals surface area (Å²) in [4.78, 5) is 198. The normalized spacial score (nSPS) is 14.8. The summed E-state index contributed by atoms with van der Waals surface area (Å²) in [6.07, 6.45) is -7.01. The number of nitrogens with one attached hydrogen (secondary N) is 9. The standard InChI is InChI=1S/C33H52N8O9.C14H16N2O5.C9H13NO5.C7H11NO3.C4H10N4O.C4H6O3.C2HF3O2/c1-22(2)19-26(31(46)40-27(20-28(43)50-33(4,5)6)29(44)35-15-17-48-18-16-37-41-34)39-30(45)25(38-23(3)42)13-10-14-36-32(47)49-21-24-11-8-7-9-12-24;17-12-11(16-14(19)21-12)7-4-8-15-13(18)20-9-10-5-2-1-3-6-10;1-9(2,3)15-6(11)4-5-7(12)14-8(13)10-5;1-4(2)3-5-6(9)11-7(10)8-5;5-1-3-9-4-2-7-8-6;1-3(5)7-4(2)6;3-2(4,5)1(6)7/h7-9,11-12,22,25-27H,10,13-21H2,1-6H3,(H,35,44)(H,36,47)(H,38,42)(H,39,45)(H,40,46);1-3,5-6,11H,4,7-9H2,(H,15,18)(H,16,19);5H,4H2,1-3H3,(H,10,13);4-5H,3H2,1-2H3,(H,8,10);1-5H2;1-2H3;(H,6,7)/t25-,26+,27-;11-;2*5-;;;/m0001.../s1. The molecule has 3 heterocycles. The van der Waals surface area contributed by atoms with Gasteiger partial charge in [-0.15, -0.1) is 0 Å². The number of azide groups is 2. The fraction of sp³-hybridized carbons (Fsp3) is 0.603. The number of cyclic esters (lactones) is 6. The zero-order valence-corrected chi connectivity index (χ0v) is 69.0. The van der Waals surface area contributed by atoms with E-state index in [0.717, 1.165) is 17.7 Å². The number of quaternary nitrogens is 1. The molecule has 0 bridgehead atoms. The number of alkyl carbamates (subject to hydrolysis) is 5. The summed E-state index contributed by atoms with van der Waals surface area (Å²) in [5, 5.41) is 38.0. The second-order valence-electron chi connectivity index (χ2n) is 27.8. The molecule has 3 aliphatic rings. The van der Waals surface area contributed by atoms with Gasteiger partial charge in [-0.3, -0.25) is 38.4 Å². The average molecular weight is 1720 g/mol. The Hall–Kier alpha value is -12.5. The molecule has 5 rings (SSSR count). The third kappa shape index (κ3) is 60.1. The summed E-state index contributed by atoms with van der Waals surface area (Å²) in [6, 6.07) is 13.0. The highest BCUT2D eigenvalue weighted by molar-refractivity contribution is 5.98. The number of esters is 7. The molecule has 0 spiro atoms. The second-order valence-corrected chi connectivity index (χ2v) is 27.8. The van der Waals surface area contributed by atoms with Gasteiger partial charge in [0.2, 0.25) is 23.6 Å². The summed E-state index contributed by atoms with van der Waals surface area (Å²) >= 11 is 0. The first-order valence-electron chi connectivity index (χ1n) is 37.1. The summed E-state index contributed by atoms with van der Waals surface area (Å²) in [6.45, 7) is 24.9. The molecule has 0 radical (unpaired) electrons. The van der Waals surface area contributed by atoms with Crippen molar-refractivity contribution in [2.75, 3.05) is 65.7 Å². The molecule has 0 unspecified atom stereocenters. The van der Waals surface area contributed by atoms with Crippen LogP contribution >= 0.6 is 0 Å². The highest BCUT2D eigenvalue weighted by Crippen LogP contribution is 2.16. The third-order valence-electron chi connectivity index (χ3n) is 13.7. The molecule has 9 amide bonds. The van der Waals surface area contributed by atoms with Crippen molar-refractivity contribution in [1.29, 1.82) is 0 Å². The van der Waals surface area contributed by atoms with Crippen molar-refractivity contribution in [3.63, 3.8) is 0 Å². The van der Waals surface area contributed by atoms with E-state index in [1.807, 2.05) is 88.4 Å². The number of hydrogen-bond acceptors (Lipinski definition) is 30. The molecule has 2 aromatic carbocycles. The number of hydrogen-bond donors (Lipinski definition) is 10. The van der Waals surface area contributed by atoms with E-state index in [0.29, 0.717) is 57.9 Å². The summed E-state index contributed by atoms with van der Waals surface area (Å²) in [7, 11) is 0. The van der Waals surface area contributed by atoms with Gasteiger partial charge in [0, 0.05) is 63.3 Å². The maximum atomic E-state index is 13.5. The van der Waals surface area contributed by atoms with Crippen LogP contribution in [0.5, 0.6) is 0 Å². The van der Waals surface area contributed by atoms with Gasteiger partial charge in [-0.1, -0.05) is 98.6 Å².